The van der Waals surface area contributed by atoms with Crippen molar-refractivity contribution in [3.05, 3.63) is 0 Å². The molecule has 6 nitrogen and oxygen atoms in total. The number of aliphatic hydroxyl groups is 1. The first-order valence-electron chi connectivity index (χ1n) is 5.97. The molecular weight excluding hydrogens is 256 g/mol. The fourth-order valence-corrected chi connectivity index (χ4v) is 2.19. The molecule has 0 aromatic heterocycles. The lowest BCUT2D eigenvalue weighted by atomic mass is 10.4. The second-order valence-electron chi connectivity index (χ2n) is 4.14. The Bertz CT molecular complexity index is 280. The minimum absolute atomic E-state index is 0.0478. The molecule has 1 atom stereocenters. The number of ether oxygens (including phenoxy) is 1. The van der Waals surface area contributed by atoms with Gasteiger partial charge in [-0.05, 0) is 6.92 Å². The van der Waals surface area contributed by atoms with Crippen LogP contribution in [0.1, 0.15) is 6.92 Å². The summed E-state index contributed by atoms with van der Waals surface area (Å²) in [7, 11) is 0. The van der Waals surface area contributed by atoms with E-state index < -0.39 is 6.10 Å². The van der Waals surface area contributed by atoms with Crippen molar-refractivity contribution in [2.24, 2.45) is 0 Å². The van der Waals surface area contributed by atoms with Gasteiger partial charge in [0.05, 0.1) is 30.8 Å². The number of hydrogen-bond acceptors (Lipinski definition) is 5. The number of hydrogen-bond donors (Lipinski definition) is 2. The zero-order valence-corrected chi connectivity index (χ0v) is 11.4. The molecule has 0 aromatic carbocycles. The van der Waals surface area contributed by atoms with E-state index in [1.807, 2.05) is 0 Å². The summed E-state index contributed by atoms with van der Waals surface area (Å²) in [6.07, 6.45) is -0.547. The molecule has 0 spiro atoms. The molecule has 104 valence electrons. The molecule has 1 aliphatic rings. The molecule has 0 aromatic rings. The van der Waals surface area contributed by atoms with Crippen LogP contribution in [0.4, 0.5) is 0 Å². The zero-order chi connectivity index (χ0) is 13.4. The number of thioether (sulfide) groups is 1. The molecule has 2 amide bonds. The highest BCUT2D eigenvalue weighted by atomic mass is 32.2. The summed E-state index contributed by atoms with van der Waals surface area (Å²) in [5.41, 5.74) is 0. The van der Waals surface area contributed by atoms with Gasteiger partial charge in [0.15, 0.2) is 0 Å². The Morgan fingerprint density at radius 1 is 1.39 bits per heavy atom. The van der Waals surface area contributed by atoms with Crippen molar-refractivity contribution >= 4 is 23.6 Å². The van der Waals surface area contributed by atoms with Gasteiger partial charge in [-0.25, -0.2) is 0 Å². The smallest absolute Gasteiger partial charge is 0.232 e. The normalized spacial score (nSPS) is 17.3. The van der Waals surface area contributed by atoms with Crippen molar-refractivity contribution < 1.29 is 19.4 Å². The molecule has 0 unspecified atom stereocenters. The minimum Gasteiger partial charge on any atom is -0.392 e. The highest BCUT2D eigenvalue weighted by Crippen LogP contribution is 2.04. The van der Waals surface area contributed by atoms with Gasteiger partial charge in [0, 0.05) is 19.6 Å². The Kier molecular flexibility index (Phi) is 7.07. The van der Waals surface area contributed by atoms with Crippen LogP contribution in [0.5, 0.6) is 0 Å². The van der Waals surface area contributed by atoms with E-state index in [0.717, 1.165) is 0 Å². The van der Waals surface area contributed by atoms with Crippen molar-refractivity contribution in [3.63, 3.8) is 0 Å². The average molecular weight is 276 g/mol. The van der Waals surface area contributed by atoms with Gasteiger partial charge in [-0.3, -0.25) is 9.59 Å². The first kappa shape index (κ1) is 15.3. The van der Waals surface area contributed by atoms with Crippen molar-refractivity contribution in [2.75, 3.05) is 44.4 Å². The van der Waals surface area contributed by atoms with E-state index in [1.54, 1.807) is 11.8 Å². The van der Waals surface area contributed by atoms with Crippen LogP contribution in [0, 0.1) is 0 Å². The molecule has 2 N–H and O–H groups in total. The highest BCUT2D eigenvalue weighted by Gasteiger charge is 2.16. The van der Waals surface area contributed by atoms with Crippen LogP contribution >= 0.6 is 11.8 Å². The summed E-state index contributed by atoms with van der Waals surface area (Å²) in [5.74, 6) is 0.438. The van der Waals surface area contributed by atoms with Crippen LogP contribution in [0.2, 0.25) is 0 Å². The van der Waals surface area contributed by atoms with Gasteiger partial charge >= 0.3 is 0 Å². The van der Waals surface area contributed by atoms with Crippen molar-refractivity contribution in [3.8, 4) is 0 Å². The standard InChI is InChI=1S/C11H20N2O4S/c1-9(14)6-12-10(15)7-18-8-11(16)13-2-4-17-5-3-13/h9,14H,2-8H2,1H3,(H,12,15)/t9-/m0/s1. The molecule has 18 heavy (non-hydrogen) atoms. The number of carbonyl (C=O) groups is 2. The van der Waals surface area contributed by atoms with Crippen molar-refractivity contribution in [2.45, 2.75) is 13.0 Å². The summed E-state index contributed by atoms with van der Waals surface area (Å²) in [4.78, 5) is 24.8. The average Bonchev–Trinajstić information content (AvgIpc) is 2.37. The molecule has 1 saturated heterocycles. The second-order valence-corrected chi connectivity index (χ2v) is 5.12. The fourth-order valence-electron chi connectivity index (χ4n) is 1.45. The molecule has 0 aliphatic carbocycles. The van der Waals surface area contributed by atoms with Crippen LogP contribution in [0.3, 0.4) is 0 Å². The Labute approximate surface area is 111 Å². The van der Waals surface area contributed by atoms with Gasteiger partial charge in [-0.1, -0.05) is 0 Å². The maximum absolute atomic E-state index is 11.7. The van der Waals surface area contributed by atoms with Gasteiger partial charge in [0.2, 0.25) is 11.8 Å². The van der Waals surface area contributed by atoms with Gasteiger partial charge in [0.25, 0.3) is 0 Å². The molecule has 1 aliphatic heterocycles. The third kappa shape index (κ3) is 6.23. The SMILES string of the molecule is C[C@H](O)CNC(=O)CSCC(=O)N1CCOCC1. The van der Waals surface area contributed by atoms with E-state index in [1.165, 1.54) is 11.8 Å². The summed E-state index contributed by atoms with van der Waals surface area (Å²) in [6, 6.07) is 0. The van der Waals surface area contributed by atoms with E-state index in [-0.39, 0.29) is 24.1 Å². The lowest BCUT2D eigenvalue weighted by Gasteiger charge is -2.26. The number of rotatable bonds is 6. The van der Waals surface area contributed by atoms with E-state index in [9.17, 15) is 9.59 Å². The van der Waals surface area contributed by atoms with Crippen LogP contribution in [-0.2, 0) is 14.3 Å². The van der Waals surface area contributed by atoms with Gasteiger partial charge < -0.3 is 20.1 Å². The van der Waals surface area contributed by atoms with Crippen LogP contribution in [0.25, 0.3) is 0 Å². The van der Waals surface area contributed by atoms with Crippen LogP contribution < -0.4 is 5.32 Å². The Morgan fingerprint density at radius 3 is 2.67 bits per heavy atom. The lowest BCUT2D eigenvalue weighted by Crippen LogP contribution is -2.41. The summed E-state index contributed by atoms with van der Waals surface area (Å²) >= 11 is 1.29. The van der Waals surface area contributed by atoms with E-state index in [4.69, 9.17) is 9.84 Å². The summed E-state index contributed by atoms with van der Waals surface area (Å²) < 4.78 is 5.16. The maximum atomic E-state index is 11.7. The number of morpholine rings is 1. The Morgan fingerprint density at radius 2 is 2.06 bits per heavy atom. The number of nitrogens with zero attached hydrogens (tertiary/aromatic N) is 1. The van der Waals surface area contributed by atoms with Gasteiger partial charge in [-0.15, -0.1) is 11.8 Å². The highest BCUT2D eigenvalue weighted by molar-refractivity contribution is 8.00. The van der Waals surface area contributed by atoms with E-state index >= 15 is 0 Å². The van der Waals surface area contributed by atoms with Crippen LogP contribution in [0.15, 0.2) is 0 Å². The van der Waals surface area contributed by atoms with Crippen molar-refractivity contribution in [1.82, 2.24) is 10.2 Å². The molecule has 7 heteroatoms. The molecule has 0 saturated carbocycles. The molecule has 0 bridgehead atoms. The molecular formula is C11H20N2O4S. The van der Waals surface area contributed by atoms with Crippen molar-refractivity contribution in [1.29, 1.82) is 0 Å². The largest absolute Gasteiger partial charge is 0.392 e. The predicted octanol–water partition coefficient (Wildman–Crippen LogP) is -0.925. The monoisotopic (exact) mass is 276 g/mol. The van der Waals surface area contributed by atoms with Gasteiger partial charge in [0.1, 0.15) is 0 Å². The molecule has 1 fully saturated rings. The molecule has 1 heterocycles. The zero-order valence-electron chi connectivity index (χ0n) is 10.6. The summed E-state index contributed by atoms with van der Waals surface area (Å²) in [5, 5.41) is 11.6. The number of nitrogens with one attached hydrogen (secondary N) is 1. The topological polar surface area (TPSA) is 78.9 Å². The summed E-state index contributed by atoms with van der Waals surface area (Å²) in [6.45, 7) is 4.30. The maximum Gasteiger partial charge on any atom is 0.232 e. The quantitative estimate of drug-likeness (QED) is 0.656. The predicted molar refractivity (Wildman–Crippen MR) is 69.4 cm³/mol. The van der Waals surface area contributed by atoms with Crippen LogP contribution in [-0.4, -0.2) is 72.3 Å². The third-order valence-electron chi connectivity index (χ3n) is 2.42. The van der Waals surface area contributed by atoms with Gasteiger partial charge in [-0.2, -0.15) is 0 Å². The number of aliphatic hydroxyl groups excluding tert-OH is 1. The lowest BCUT2D eigenvalue weighted by molar-refractivity contribution is -0.132. The minimum atomic E-state index is -0.547. The molecule has 0 radical (unpaired) electrons. The van der Waals surface area contributed by atoms with E-state index in [2.05, 4.69) is 5.32 Å². The van der Waals surface area contributed by atoms with E-state index in [0.29, 0.717) is 32.1 Å². The fraction of sp³-hybridized carbons (Fsp3) is 0.818. The molecule has 1 rings (SSSR count). The Hall–Kier alpha value is -0.790. The first-order chi connectivity index (χ1) is 8.59. The third-order valence-corrected chi connectivity index (χ3v) is 3.33. The number of carbonyl (C=O) groups excluding carboxylic acids is 2. The Balaban J connectivity index is 2.09. The first-order valence-corrected chi connectivity index (χ1v) is 7.13. The number of amides is 2. The second kappa shape index (κ2) is 8.34.